The third-order valence-corrected chi connectivity index (χ3v) is 5.47. The first kappa shape index (κ1) is 18.1. The summed E-state index contributed by atoms with van der Waals surface area (Å²) < 4.78 is 2.83. The first-order valence-corrected chi connectivity index (χ1v) is 9.56. The molecule has 2 heterocycles. The first-order chi connectivity index (χ1) is 12.0. The van der Waals surface area contributed by atoms with Crippen molar-refractivity contribution in [2.75, 3.05) is 26.2 Å². The Hall–Kier alpha value is -1.66. The molecule has 0 spiro atoms. The zero-order valence-electron chi connectivity index (χ0n) is 14.9. The van der Waals surface area contributed by atoms with Crippen molar-refractivity contribution < 1.29 is 4.79 Å². The largest absolute Gasteiger partial charge is 0.340 e. The minimum atomic E-state index is 0.222. The molecule has 25 heavy (non-hydrogen) atoms. The van der Waals surface area contributed by atoms with E-state index >= 15 is 0 Å². The summed E-state index contributed by atoms with van der Waals surface area (Å²) in [7, 11) is 0. The highest BCUT2D eigenvalue weighted by atomic mass is 79.9. The molecule has 0 bridgehead atoms. The number of carbonyl (C=O) groups excluding carboxylic acids is 1. The van der Waals surface area contributed by atoms with Gasteiger partial charge in [-0.1, -0.05) is 29.8 Å². The van der Waals surface area contributed by atoms with Crippen LogP contribution in [0.2, 0.25) is 0 Å². The van der Waals surface area contributed by atoms with E-state index in [9.17, 15) is 4.79 Å². The number of benzene rings is 1. The number of piperazine rings is 1. The fourth-order valence-electron chi connectivity index (χ4n) is 3.08. The van der Waals surface area contributed by atoms with E-state index in [1.165, 1.54) is 11.1 Å². The van der Waals surface area contributed by atoms with Crippen molar-refractivity contribution >= 4 is 21.8 Å². The van der Waals surface area contributed by atoms with Crippen molar-refractivity contribution in [2.45, 2.75) is 33.4 Å². The zero-order valence-corrected chi connectivity index (χ0v) is 16.5. The Labute approximate surface area is 157 Å². The van der Waals surface area contributed by atoms with Gasteiger partial charge in [0.15, 0.2) is 0 Å². The second-order valence-corrected chi connectivity index (χ2v) is 7.57. The maximum Gasteiger partial charge on any atom is 0.224 e. The van der Waals surface area contributed by atoms with E-state index in [-0.39, 0.29) is 5.91 Å². The lowest BCUT2D eigenvalue weighted by Crippen LogP contribution is -2.48. The molecule has 134 valence electrons. The number of aryl methyl sites for hydroxylation is 3. The van der Waals surface area contributed by atoms with Gasteiger partial charge in [-0.3, -0.25) is 14.4 Å². The Balaban J connectivity index is 1.43. The highest BCUT2D eigenvalue weighted by Crippen LogP contribution is 2.14. The summed E-state index contributed by atoms with van der Waals surface area (Å²) in [4.78, 5) is 16.8. The summed E-state index contributed by atoms with van der Waals surface area (Å²) in [5.41, 5.74) is 3.58. The van der Waals surface area contributed by atoms with E-state index in [1.54, 1.807) is 0 Å². The standard InChI is InChI=1S/C19H25BrN4O/c1-15-3-5-17(6-4-15)13-22-9-11-23(12-10-22)19(25)7-8-24-14-18(20)16(2)21-24/h3-6,14H,7-13H2,1-2H3. The van der Waals surface area contributed by atoms with Gasteiger partial charge in [0.05, 0.1) is 10.2 Å². The Bertz CT molecular complexity index is 698. The molecular weight excluding hydrogens is 380 g/mol. The number of carbonyl (C=O) groups is 1. The number of aromatic nitrogens is 2. The normalized spacial score (nSPS) is 15.6. The molecule has 0 saturated carbocycles. The number of nitrogens with zero attached hydrogens (tertiary/aromatic N) is 4. The molecule has 0 aliphatic carbocycles. The van der Waals surface area contributed by atoms with E-state index < -0.39 is 0 Å². The maximum absolute atomic E-state index is 12.4. The van der Waals surface area contributed by atoms with Crippen LogP contribution in [-0.2, 0) is 17.9 Å². The second kappa shape index (κ2) is 8.15. The summed E-state index contributed by atoms with van der Waals surface area (Å²) in [5, 5.41) is 4.38. The summed E-state index contributed by atoms with van der Waals surface area (Å²) in [6.07, 6.45) is 2.44. The van der Waals surface area contributed by atoms with Crippen LogP contribution in [0.5, 0.6) is 0 Å². The lowest BCUT2D eigenvalue weighted by Gasteiger charge is -2.34. The van der Waals surface area contributed by atoms with Gasteiger partial charge >= 0.3 is 0 Å². The van der Waals surface area contributed by atoms with Crippen LogP contribution in [0.15, 0.2) is 34.9 Å². The molecule has 0 atom stereocenters. The third kappa shape index (κ3) is 4.92. The minimum absolute atomic E-state index is 0.222. The molecule has 1 aromatic carbocycles. The predicted molar refractivity (Wildman–Crippen MR) is 102 cm³/mol. The van der Waals surface area contributed by atoms with E-state index in [2.05, 4.69) is 57.1 Å². The predicted octanol–water partition coefficient (Wildman–Crippen LogP) is 3.00. The van der Waals surface area contributed by atoms with Gasteiger partial charge in [0.2, 0.25) is 5.91 Å². The van der Waals surface area contributed by atoms with Gasteiger partial charge in [0.1, 0.15) is 0 Å². The van der Waals surface area contributed by atoms with E-state index in [4.69, 9.17) is 0 Å². The van der Waals surface area contributed by atoms with E-state index in [0.29, 0.717) is 13.0 Å². The summed E-state index contributed by atoms with van der Waals surface area (Å²) in [6.45, 7) is 9.15. The molecule has 2 aromatic rings. The highest BCUT2D eigenvalue weighted by molar-refractivity contribution is 9.10. The SMILES string of the molecule is Cc1ccc(CN2CCN(C(=O)CCn3cc(Br)c(C)n3)CC2)cc1. The van der Waals surface area contributed by atoms with Crippen LogP contribution in [0.1, 0.15) is 23.2 Å². The lowest BCUT2D eigenvalue weighted by molar-refractivity contribution is -0.133. The van der Waals surface area contributed by atoms with Crippen molar-refractivity contribution in [3.8, 4) is 0 Å². The van der Waals surface area contributed by atoms with Crippen LogP contribution in [0.25, 0.3) is 0 Å². The van der Waals surface area contributed by atoms with Crippen LogP contribution in [0.4, 0.5) is 0 Å². The van der Waals surface area contributed by atoms with Crippen molar-refractivity contribution in [1.29, 1.82) is 0 Å². The summed E-state index contributed by atoms with van der Waals surface area (Å²) in [6, 6.07) is 8.70. The molecule has 0 radical (unpaired) electrons. The molecule has 0 unspecified atom stereocenters. The Morgan fingerprint density at radius 3 is 2.40 bits per heavy atom. The molecule has 0 N–H and O–H groups in total. The molecular formula is C19H25BrN4O. The van der Waals surface area contributed by atoms with Crippen LogP contribution >= 0.6 is 15.9 Å². The quantitative estimate of drug-likeness (QED) is 0.768. The molecule has 1 aromatic heterocycles. The van der Waals surface area contributed by atoms with Crippen molar-refractivity contribution in [3.05, 3.63) is 51.8 Å². The lowest BCUT2D eigenvalue weighted by atomic mass is 10.1. The molecule has 3 rings (SSSR count). The molecule has 6 heteroatoms. The second-order valence-electron chi connectivity index (χ2n) is 6.72. The fraction of sp³-hybridized carbons (Fsp3) is 0.474. The van der Waals surface area contributed by atoms with E-state index in [1.807, 2.05) is 22.7 Å². The molecule has 1 aliphatic heterocycles. The van der Waals surface area contributed by atoms with Crippen molar-refractivity contribution in [2.24, 2.45) is 0 Å². The molecule has 1 saturated heterocycles. The zero-order chi connectivity index (χ0) is 17.8. The summed E-state index contributed by atoms with van der Waals surface area (Å²) >= 11 is 3.45. The van der Waals surface area contributed by atoms with E-state index in [0.717, 1.165) is 42.9 Å². The smallest absolute Gasteiger partial charge is 0.224 e. The highest BCUT2D eigenvalue weighted by Gasteiger charge is 2.21. The minimum Gasteiger partial charge on any atom is -0.340 e. The molecule has 1 fully saturated rings. The Kier molecular flexibility index (Phi) is 5.91. The average Bonchev–Trinajstić information content (AvgIpc) is 2.93. The molecule has 1 aliphatic rings. The van der Waals surface area contributed by atoms with Gasteiger partial charge in [-0.15, -0.1) is 0 Å². The van der Waals surface area contributed by atoms with Gasteiger partial charge in [0.25, 0.3) is 0 Å². The van der Waals surface area contributed by atoms with Gasteiger partial charge in [-0.2, -0.15) is 5.10 Å². The van der Waals surface area contributed by atoms with Gasteiger partial charge < -0.3 is 4.90 Å². The van der Waals surface area contributed by atoms with Crippen molar-refractivity contribution in [3.63, 3.8) is 0 Å². The number of rotatable bonds is 5. The molecule has 1 amide bonds. The topological polar surface area (TPSA) is 41.4 Å². The number of hydrogen-bond acceptors (Lipinski definition) is 3. The van der Waals surface area contributed by atoms with Crippen molar-refractivity contribution in [1.82, 2.24) is 19.6 Å². The molecule has 5 nitrogen and oxygen atoms in total. The Morgan fingerprint density at radius 2 is 1.80 bits per heavy atom. The van der Waals surface area contributed by atoms with Gasteiger partial charge in [-0.05, 0) is 35.3 Å². The number of halogens is 1. The summed E-state index contributed by atoms with van der Waals surface area (Å²) in [5.74, 6) is 0.222. The van der Waals surface area contributed by atoms with Crippen LogP contribution in [0, 0.1) is 13.8 Å². The first-order valence-electron chi connectivity index (χ1n) is 8.76. The monoisotopic (exact) mass is 404 g/mol. The van der Waals surface area contributed by atoms with Crippen LogP contribution in [-0.4, -0.2) is 51.7 Å². The maximum atomic E-state index is 12.4. The fourth-order valence-corrected chi connectivity index (χ4v) is 3.40. The van der Waals surface area contributed by atoms with Crippen LogP contribution in [0.3, 0.4) is 0 Å². The van der Waals surface area contributed by atoms with Gasteiger partial charge in [-0.25, -0.2) is 0 Å². The van der Waals surface area contributed by atoms with Gasteiger partial charge in [0, 0.05) is 51.9 Å². The number of amides is 1. The number of hydrogen-bond donors (Lipinski definition) is 0. The third-order valence-electron chi connectivity index (χ3n) is 4.69. The van der Waals surface area contributed by atoms with Crippen LogP contribution < -0.4 is 0 Å². The average molecular weight is 405 g/mol. The Morgan fingerprint density at radius 1 is 1.12 bits per heavy atom.